The maximum absolute atomic E-state index is 14.3. The van der Waals surface area contributed by atoms with Crippen molar-refractivity contribution in [2.45, 2.75) is 50.0 Å². The van der Waals surface area contributed by atoms with E-state index in [2.05, 4.69) is 45.1 Å². The predicted octanol–water partition coefficient (Wildman–Crippen LogP) is 8.45. The molecule has 2 unspecified atom stereocenters. The summed E-state index contributed by atoms with van der Waals surface area (Å²) >= 11 is 1.11. The third-order valence-corrected chi connectivity index (χ3v) is 14.1. The smallest absolute Gasteiger partial charge is 0.348 e. The Labute approximate surface area is 337 Å². The van der Waals surface area contributed by atoms with Gasteiger partial charge in [0.25, 0.3) is 0 Å². The summed E-state index contributed by atoms with van der Waals surface area (Å²) in [5.74, 6) is 2.21. The van der Waals surface area contributed by atoms with Crippen LogP contribution in [-0.2, 0) is 9.47 Å². The first-order valence-corrected chi connectivity index (χ1v) is 20.8. The Balaban J connectivity index is 1.02. The van der Waals surface area contributed by atoms with Crippen LogP contribution in [0.4, 0.5) is 0 Å². The Hall–Kier alpha value is -5.10. The Bertz CT molecular complexity index is 2180. The molecule has 6 aliphatic heterocycles. The molecular formula is C46H48N4O6S. The molecule has 11 rings (SSSR count). The molecule has 57 heavy (non-hydrogen) atoms. The van der Waals surface area contributed by atoms with Gasteiger partial charge in [-0.15, -0.1) is 24.5 Å². The number of hydrogen-bond donors (Lipinski definition) is 0. The molecule has 11 heteroatoms. The number of carbonyl (C=O) groups excluding carboxylic acids is 2. The lowest BCUT2D eigenvalue weighted by Gasteiger charge is -2.51. The number of benzene rings is 2. The van der Waals surface area contributed by atoms with Gasteiger partial charge in [-0.3, -0.25) is 19.8 Å². The van der Waals surface area contributed by atoms with Crippen molar-refractivity contribution in [1.29, 1.82) is 0 Å². The second-order valence-electron chi connectivity index (χ2n) is 15.9. The van der Waals surface area contributed by atoms with Crippen LogP contribution in [-0.4, -0.2) is 84.2 Å². The monoisotopic (exact) mass is 784 g/mol. The van der Waals surface area contributed by atoms with Crippen LogP contribution in [0.1, 0.15) is 68.4 Å². The Morgan fingerprint density at radius 3 is 1.54 bits per heavy atom. The summed E-state index contributed by atoms with van der Waals surface area (Å²) in [4.78, 5) is 43.3. The van der Waals surface area contributed by atoms with Crippen LogP contribution < -0.4 is 9.47 Å². The minimum absolute atomic E-state index is 0.0267. The van der Waals surface area contributed by atoms with Gasteiger partial charge in [0.1, 0.15) is 33.5 Å². The molecule has 0 saturated carbocycles. The van der Waals surface area contributed by atoms with Gasteiger partial charge in [-0.1, -0.05) is 12.2 Å². The Morgan fingerprint density at radius 2 is 1.16 bits per heavy atom. The maximum atomic E-state index is 14.3. The number of hydrogen-bond acceptors (Lipinski definition) is 11. The molecular weight excluding hydrogens is 737 g/mol. The summed E-state index contributed by atoms with van der Waals surface area (Å²) in [5, 5.41) is 1.76. The number of carbonyl (C=O) groups is 2. The number of pyridine rings is 2. The maximum Gasteiger partial charge on any atom is 0.348 e. The van der Waals surface area contributed by atoms with Crippen LogP contribution in [0.2, 0.25) is 0 Å². The number of fused-ring (bicyclic) bond motifs is 8. The third kappa shape index (κ3) is 7.00. The standard InChI is InChI=1S/C46H48N4O6S/c1-5-27-25-49-19-15-29(27)21-39(49)43(33-13-17-47-37-9-7-31(53-3)23-35(33)37)55-45(51)41-11-12-42(57-41)46(52)56-44(40-22-30-16-20-50(40)26-28(30)6-2)34-14-18-48-38-10-8-32(54-4)24-36(34)38/h5-14,17-18,23-24,27-30,39-40,43-44H,1-2,15-16,19-22,25-26H2,3-4H3/t27-,28-,29-,30-,39-,40-,43-,44-/m0/s1. The number of piperidine rings is 6. The fraction of sp³-hybridized carbons (Fsp3) is 0.391. The quantitative estimate of drug-likeness (QED) is 0.0905. The molecule has 0 amide bonds. The highest BCUT2D eigenvalue weighted by atomic mass is 32.1. The van der Waals surface area contributed by atoms with Crippen molar-refractivity contribution in [3.8, 4) is 11.5 Å². The van der Waals surface area contributed by atoms with Crippen molar-refractivity contribution in [3.05, 3.63) is 119 Å². The van der Waals surface area contributed by atoms with Gasteiger partial charge in [0.05, 0.1) is 37.3 Å². The van der Waals surface area contributed by atoms with E-state index in [-0.39, 0.29) is 12.1 Å². The van der Waals surface area contributed by atoms with Crippen LogP contribution in [0.25, 0.3) is 21.8 Å². The van der Waals surface area contributed by atoms with Crippen LogP contribution in [0, 0.1) is 23.7 Å². The predicted molar refractivity (Wildman–Crippen MR) is 221 cm³/mol. The van der Waals surface area contributed by atoms with Gasteiger partial charge in [-0.05, 0) is 123 Å². The number of aromatic nitrogens is 2. The molecule has 5 aromatic rings. The van der Waals surface area contributed by atoms with Crippen LogP contribution in [0.15, 0.2) is 98.4 Å². The van der Waals surface area contributed by atoms with Crippen molar-refractivity contribution in [2.24, 2.45) is 23.7 Å². The van der Waals surface area contributed by atoms with E-state index in [9.17, 15) is 9.59 Å². The Morgan fingerprint density at radius 1 is 0.702 bits per heavy atom. The summed E-state index contributed by atoms with van der Waals surface area (Å²) in [5.41, 5.74) is 3.37. The first-order chi connectivity index (χ1) is 27.8. The SMILES string of the molecule is C=C[C@H]1CN2CC[C@H]1C[C@H]2[C@@H](OC(=O)c1ccc(C(=O)O[C@@H](c2ccnc3ccc(OC)cc23)[C@@H]2C[C@@H]3CCN2C[C@@H]3C=C)s1)c1ccnc2ccc(OC)cc12. The zero-order valence-corrected chi connectivity index (χ0v) is 33.2. The van der Waals surface area contributed by atoms with E-state index >= 15 is 0 Å². The molecule has 4 bridgehead atoms. The van der Waals surface area contributed by atoms with Crippen LogP contribution in [0.3, 0.4) is 0 Å². The minimum atomic E-state index is -0.572. The molecule has 294 valence electrons. The van der Waals surface area contributed by atoms with E-state index in [1.165, 1.54) is 0 Å². The first kappa shape index (κ1) is 37.5. The molecule has 0 radical (unpaired) electrons. The van der Waals surface area contributed by atoms with Crippen molar-refractivity contribution in [3.63, 3.8) is 0 Å². The highest BCUT2D eigenvalue weighted by molar-refractivity contribution is 7.15. The van der Waals surface area contributed by atoms with Gasteiger partial charge in [-0.2, -0.15) is 0 Å². The number of thiophene rings is 1. The lowest BCUT2D eigenvalue weighted by molar-refractivity contribution is -0.0567. The van der Waals surface area contributed by atoms with Crippen molar-refractivity contribution in [2.75, 3.05) is 40.4 Å². The molecule has 0 N–H and O–H groups in total. The van der Waals surface area contributed by atoms with Gasteiger partial charge in [0.2, 0.25) is 0 Å². The minimum Gasteiger partial charge on any atom is -0.497 e. The molecule has 6 saturated heterocycles. The van der Waals surface area contributed by atoms with Gasteiger partial charge < -0.3 is 18.9 Å². The number of esters is 2. The normalized spacial score (nSPS) is 27.4. The van der Waals surface area contributed by atoms with Gasteiger partial charge in [0, 0.05) is 47.4 Å². The van der Waals surface area contributed by atoms with E-state index < -0.39 is 24.1 Å². The molecule has 3 aromatic heterocycles. The number of methoxy groups -OCH3 is 2. The number of rotatable bonds is 12. The van der Waals surface area contributed by atoms with Crippen molar-refractivity contribution in [1.82, 2.24) is 19.8 Å². The molecule has 2 aromatic carbocycles. The number of ether oxygens (including phenoxy) is 4. The van der Waals surface area contributed by atoms with Gasteiger partial charge in [-0.25, -0.2) is 9.59 Å². The average molecular weight is 785 g/mol. The molecule has 9 heterocycles. The van der Waals surface area contributed by atoms with E-state index in [4.69, 9.17) is 18.9 Å². The second-order valence-corrected chi connectivity index (χ2v) is 17.0. The van der Waals surface area contributed by atoms with Crippen molar-refractivity contribution < 1.29 is 28.5 Å². The third-order valence-electron chi connectivity index (χ3n) is 13.1. The summed E-state index contributed by atoms with van der Waals surface area (Å²) in [7, 11) is 3.28. The first-order valence-electron chi connectivity index (χ1n) is 20.0. The zero-order chi connectivity index (χ0) is 39.2. The largest absolute Gasteiger partial charge is 0.497 e. The van der Waals surface area contributed by atoms with E-state index in [1.54, 1.807) is 38.7 Å². The second kappa shape index (κ2) is 15.7. The molecule has 10 atom stereocenters. The Kier molecular flexibility index (Phi) is 10.3. The fourth-order valence-electron chi connectivity index (χ4n) is 10.0. The van der Waals surface area contributed by atoms with Gasteiger partial charge in [0.15, 0.2) is 0 Å². The average Bonchev–Trinajstić information content (AvgIpc) is 3.78. The van der Waals surface area contributed by atoms with Crippen molar-refractivity contribution >= 4 is 45.1 Å². The number of nitrogens with zero attached hydrogens (tertiary/aromatic N) is 4. The molecule has 6 fully saturated rings. The fourth-order valence-corrected chi connectivity index (χ4v) is 10.8. The molecule has 10 nitrogen and oxygen atoms in total. The summed E-state index contributed by atoms with van der Waals surface area (Å²) in [6.07, 6.45) is 10.5. The lowest BCUT2D eigenvalue weighted by atomic mass is 9.73. The van der Waals surface area contributed by atoms with E-state index in [1.807, 2.05) is 48.5 Å². The summed E-state index contributed by atoms with van der Waals surface area (Å²) in [6.45, 7) is 11.8. The molecule has 6 aliphatic rings. The summed E-state index contributed by atoms with van der Waals surface area (Å²) < 4.78 is 24.3. The highest BCUT2D eigenvalue weighted by Crippen LogP contribution is 2.46. The lowest BCUT2D eigenvalue weighted by Crippen LogP contribution is -2.55. The highest BCUT2D eigenvalue weighted by Gasteiger charge is 2.46. The molecule has 0 spiro atoms. The van der Waals surface area contributed by atoms with Crippen LogP contribution >= 0.6 is 11.3 Å². The zero-order valence-electron chi connectivity index (χ0n) is 32.4. The van der Waals surface area contributed by atoms with E-state index in [0.29, 0.717) is 44.9 Å². The topological polar surface area (TPSA) is 103 Å². The van der Waals surface area contributed by atoms with E-state index in [0.717, 1.165) is 96.1 Å². The molecule has 0 aliphatic carbocycles. The summed E-state index contributed by atoms with van der Waals surface area (Å²) in [6, 6.07) is 18.8. The van der Waals surface area contributed by atoms with Crippen LogP contribution in [0.5, 0.6) is 11.5 Å². The van der Waals surface area contributed by atoms with Gasteiger partial charge >= 0.3 is 11.9 Å².